The number of methoxy groups -OCH3 is 1. The number of nitrogens with one attached hydrogen (secondary N) is 1. The third-order valence-corrected chi connectivity index (χ3v) is 4.04. The lowest BCUT2D eigenvalue weighted by atomic mass is 10.1. The van der Waals surface area contributed by atoms with Gasteiger partial charge in [0.2, 0.25) is 0 Å². The Bertz CT molecular complexity index is 659. The Morgan fingerprint density at radius 1 is 1.22 bits per heavy atom. The van der Waals surface area contributed by atoms with E-state index in [0.29, 0.717) is 12.5 Å². The van der Waals surface area contributed by atoms with Gasteiger partial charge >= 0.3 is 0 Å². The summed E-state index contributed by atoms with van der Waals surface area (Å²) in [5, 5.41) is 3.08. The lowest BCUT2D eigenvalue weighted by Gasteiger charge is -2.09. The first-order valence-electron chi connectivity index (χ1n) is 6.97. The SMILES string of the molecule is COc1ccc(NC(N)=NCc2ccc(C)cc2SC)cc1.I. The summed E-state index contributed by atoms with van der Waals surface area (Å²) in [6, 6.07) is 13.9. The second-order valence-corrected chi connectivity index (χ2v) is 5.72. The summed E-state index contributed by atoms with van der Waals surface area (Å²) in [7, 11) is 1.64. The fourth-order valence-electron chi connectivity index (χ4n) is 2.01. The zero-order valence-corrected chi connectivity index (χ0v) is 16.6. The summed E-state index contributed by atoms with van der Waals surface area (Å²) in [6.07, 6.45) is 2.07. The van der Waals surface area contributed by atoms with Crippen molar-refractivity contribution in [1.29, 1.82) is 0 Å². The molecule has 124 valence electrons. The van der Waals surface area contributed by atoms with Gasteiger partial charge in [-0.2, -0.15) is 0 Å². The maximum Gasteiger partial charge on any atom is 0.193 e. The zero-order valence-electron chi connectivity index (χ0n) is 13.5. The largest absolute Gasteiger partial charge is 0.497 e. The Labute approximate surface area is 158 Å². The van der Waals surface area contributed by atoms with E-state index in [1.807, 2.05) is 24.3 Å². The molecule has 0 aliphatic heterocycles. The Morgan fingerprint density at radius 3 is 2.52 bits per heavy atom. The van der Waals surface area contributed by atoms with Gasteiger partial charge in [-0.05, 0) is 54.6 Å². The molecule has 2 aromatic rings. The van der Waals surface area contributed by atoms with E-state index in [9.17, 15) is 0 Å². The van der Waals surface area contributed by atoms with Crippen molar-refractivity contribution in [3.63, 3.8) is 0 Å². The Kier molecular flexibility index (Phi) is 8.25. The highest BCUT2D eigenvalue weighted by atomic mass is 127. The van der Waals surface area contributed by atoms with Crippen LogP contribution in [-0.2, 0) is 6.54 Å². The summed E-state index contributed by atoms with van der Waals surface area (Å²) in [4.78, 5) is 5.65. The van der Waals surface area contributed by atoms with Gasteiger partial charge in [-0.25, -0.2) is 4.99 Å². The third kappa shape index (κ3) is 5.95. The molecule has 0 bridgehead atoms. The van der Waals surface area contributed by atoms with Crippen molar-refractivity contribution in [2.24, 2.45) is 10.7 Å². The van der Waals surface area contributed by atoms with Gasteiger partial charge in [-0.15, -0.1) is 35.7 Å². The molecule has 4 nitrogen and oxygen atoms in total. The maximum absolute atomic E-state index is 5.95. The molecule has 2 aromatic carbocycles. The highest BCUT2D eigenvalue weighted by Crippen LogP contribution is 2.22. The summed E-state index contributed by atoms with van der Waals surface area (Å²) < 4.78 is 5.12. The van der Waals surface area contributed by atoms with Crippen molar-refractivity contribution < 1.29 is 4.74 Å². The molecule has 0 aromatic heterocycles. The lowest BCUT2D eigenvalue weighted by molar-refractivity contribution is 0.415. The predicted molar refractivity (Wildman–Crippen MR) is 110 cm³/mol. The zero-order chi connectivity index (χ0) is 15.9. The summed E-state index contributed by atoms with van der Waals surface area (Å²) >= 11 is 1.72. The van der Waals surface area contributed by atoms with Crippen molar-refractivity contribution in [2.75, 3.05) is 18.7 Å². The fraction of sp³-hybridized carbons (Fsp3) is 0.235. The van der Waals surface area contributed by atoms with E-state index in [1.54, 1.807) is 18.9 Å². The van der Waals surface area contributed by atoms with Crippen LogP contribution < -0.4 is 15.8 Å². The Morgan fingerprint density at radius 2 is 1.91 bits per heavy atom. The first-order chi connectivity index (χ1) is 10.6. The second-order valence-electron chi connectivity index (χ2n) is 4.87. The fourth-order valence-corrected chi connectivity index (χ4v) is 2.71. The number of nitrogens with zero attached hydrogens (tertiary/aromatic N) is 1. The van der Waals surface area contributed by atoms with Crippen LogP contribution in [0.4, 0.5) is 5.69 Å². The van der Waals surface area contributed by atoms with Crippen LogP contribution in [0.5, 0.6) is 5.75 Å². The lowest BCUT2D eigenvalue weighted by Crippen LogP contribution is -2.22. The molecule has 3 N–H and O–H groups in total. The van der Waals surface area contributed by atoms with E-state index in [1.165, 1.54) is 16.0 Å². The molecule has 2 rings (SSSR count). The number of aryl methyl sites for hydroxylation is 1. The van der Waals surface area contributed by atoms with E-state index in [-0.39, 0.29) is 24.0 Å². The number of rotatable bonds is 5. The van der Waals surface area contributed by atoms with Gasteiger partial charge < -0.3 is 15.8 Å². The highest BCUT2D eigenvalue weighted by Gasteiger charge is 2.02. The number of anilines is 1. The first-order valence-corrected chi connectivity index (χ1v) is 8.19. The minimum atomic E-state index is 0. The van der Waals surface area contributed by atoms with Gasteiger partial charge in [0.15, 0.2) is 5.96 Å². The average molecular weight is 443 g/mol. The Hall–Kier alpha value is -1.41. The first kappa shape index (κ1) is 19.6. The standard InChI is InChI=1S/C17H21N3OS.HI/c1-12-4-5-13(16(10-12)22-3)11-19-17(18)20-14-6-8-15(21-2)9-7-14;/h4-10H,11H2,1-3H3,(H3,18,19,20);1H. The molecule has 0 aliphatic carbocycles. The second kappa shape index (κ2) is 9.67. The monoisotopic (exact) mass is 443 g/mol. The number of aliphatic imine (C=N–C) groups is 1. The van der Waals surface area contributed by atoms with Crippen LogP contribution in [0.1, 0.15) is 11.1 Å². The van der Waals surface area contributed by atoms with Crippen LogP contribution in [0, 0.1) is 6.92 Å². The van der Waals surface area contributed by atoms with Gasteiger partial charge in [0.05, 0.1) is 13.7 Å². The topological polar surface area (TPSA) is 59.6 Å². The molecule has 0 saturated heterocycles. The van der Waals surface area contributed by atoms with Gasteiger partial charge in [-0.1, -0.05) is 12.1 Å². The normalized spacial score (nSPS) is 10.8. The molecular weight excluding hydrogens is 421 g/mol. The quantitative estimate of drug-likeness (QED) is 0.314. The molecule has 0 atom stereocenters. The van der Waals surface area contributed by atoms with Crippen molar-refractivity contribution in [1.82, 2.24) is 0 Å². The Balaban J connectivity index is 0.00000264. The van der Waals surface area contributed by atoms with Crippen LogP contribution in [0.2, 0.25) is 0 Å². The van der Waals surface area contributed by atoms with Crippen LogP contribution in [0.3, 0.4) is 0 Å². The number of halogens is 1. The molecule has 6 heteroatoms. The number of hydrogen-bond donors (Lipinski definition) is 2. The van der Waals surface area contributed by atoms with Crippen molar-refractivity contribution in [3.8, 4) is 5.75 Å². The molecule has 0 spiro atoms. The molecule has 0 fully saturated rings. The van der Waals surface area contributed by atoms with Gasteiger partial charge in [0, 0.05) is 10.6 Å². The van der Waals surface area contributed by atoms with Crippen molar-refractivity contribution in [3.05, 3.63) is 53.6 Å². The molecule has 0 saturated carbocycles. The van der Waals surface area contributed by atoms with Crippen molar-refractivity contribution >= 4 is 47.4 Å². The van der Waals surface area contributed by atoms with Crippen LogP contribution in [0.15, 0.2) is 52.4 Å². The van der Waals surface area contributed by atoms with Gasteiger partial charge in [-0.3, -0.25) is 0 Å². The minimum absolute atomic E-state index is 0. The number of ether oxygens (including phenoxy) is 1. The smallest absolute Gasteiger partial charge is 0.193 e. The van der Waals surface area contributed by atoms with Crippen LogP contribution >= 0.6 is 35.7 Å². The molecule has 0 amide bonds. The highest BCUT2D eigenvalue weighted by molar-refractivity contribution is 14.0. The van der Waals surface area contributed by atoms with E-state index in [4.69, 9.17) is 10.5 Å². The number of hydrogen-bond acceptors (Lipinski definition) is 3. The summed E-state index contributed by atoms with van der Waals surface area (Å²) in [6.45, 7) is 2.65. The predicted octanol–water partition coefficient (Wildman–Crippen LogP) is 4.27. The number of benzene rings is 2. The van der Waals surface area contributed by atoms with E-state index < -0.39 is 0 Å². The third-order valence-electron chi connectivity index (χ3n) is 3.22. The summed E-state index contributed by atoms with van der Waals surface area (Å²) in [5.74, 6) is 1.21. The molecule has 23 heavy (non-hydrogen) atoms. The number of thioether (sulfide) groups is 1. The number of nitrogens with two attached hydrogens (primary N) is 1. The molecule has 0 radical (unpaired) electrons. The van der Waals surface area contributed by atoms with E-state index in [0.717, 1.165) is 11.4 Å². The van der Waals surface area contributed by atoms with Crippen molar-refractivity contribution in [2.45, 2.75) is 18.4 Å². The minimum Gasteiger partial charge on any atom is -0.497 e. The van der Waals surface area contributed by atoms with Gasteiger partial charge in [0.25, 0.3) is 0 Å². The molecule has 0 aliphatic rings. The average Bonchev–Trinajstić information content (AvgIpc) is 2.54. The van der Waals surface area contributed by atoms with Crippen LogP contribution in [-0.4, -0.2) is 19.3 Å². The maximum atomic E-state index is 5.95. The van der Waals surface area contributed by atoms with Crippen LogP contribution in [0.25, 0.3) is 0 Å². The van der Waals surface area contributed by atoms with E-state index >= 15 is 0 Å². The molecule has 0 heterocycles. The molecular formula is C17H22IN3OS. The van der Waals surface area contributed by atoms with Gasteiger partial charge in [0.1, 0.15) is 5.75 Å². The summed E-state index contributed by atoms with van der Waals surface area (Å²) in [5.41, 5.74) is 9.26. The number of guanidine groups is 1. The van der Waals surface area contributed by atoms with E-state index in [2.05, 4.69) is 41.7 Å². The molecule has 0 unspecified atom stereocenters.